The summed E-state index contributed by atoms with van der Waals surface area (Å²) >= 11 is 5.42. The molecular formula is C22H25ClO8. The van der Waals surface area contributed by atoms with Crippen LogP contribution in [0.2, 0.25) is 0 Å². The Hall–Kier alpha value is -2.35. The maximum absolute atomic E-state index is 13.7. The number of halogens is 1. The molecular weight excluding hydrogens is 428 g/mol. The molecule has 31 heavy (non-hydrogen) atoms. The molecule has 7 atom stereocenters. The standard InChI is InChI=1S/C22H25ClO8/c1-21-6-4-12-19(26)30-15(11-5-7-29-10-11)9-22(12,2)17(21)16(24)14(31-20(23)27)8-13(21)18(25)28-3/h5,7,10,12-15,17H,4,6,8-9H2,1-3H3/t12-,13-,14-,15-,17-,21-,22-/m0/s1. The summed E-state index contributed by atoms with van der Waals surface area (Å²) in [7, 11) is 1.29. The number of esters is 2. The molecule has 0 N–H and O–H groups in total. The van der Waals surface area contributed by atoms with Crippen molar-refractivity contribution in [3.05, 3.63) is 24.2 Å². The van der Waals surface area contributed by atoms with E-state index < -0.39 is 52.2 Å². The van der Waals surface area contributed by atoms with Gasteiger partial charge in [0.1, 0.15) is 6.10 Å². The molecule has 2 aliphatic carbocycles. The van der Waals surface area contributed by atoms with Crippen molar-refractivity contribution < 1.29 is 37.8 Å². The van der Waals surface area contributed by atoms with E-state index in [0.29, 0.717) is 24.8 Å². The van der Waals surface area contributed by atoms with Gasteiger partial charge in [-0.15, -0.1) is 0 Å². The van der Waals surface area contributed by atoms with Crippen LogP contribution in [0.5, 0.6) is 0 Å². The number of furan rings is 1. The fourth-order valence-corrected chi connectivity index (χ4v) is 6.48. The zero-order valence-electron chi connectivity index (χ0n) is 17.6. The Balaban J connectivity index is 1.80. The number of methoxy groups -OCH3 is 1. The van der Waals surface area contributed by atoms with Gasteiger partial charge >= 0.3 is 17.4 Å². The van der Waals surface area contributed by atoms with E-state index in [1.165, 1.54) is 19.6 Å². The van der Waals surface area contributed by atoms with Crippen molar-refractivity contribution in [3.8, 4) is 0 Å². The highest BCUT2D eigenvalue weighted by Crippen LogP contribution is 2.65. The third-order valence-corrected chi connectivity index (χ3v) is 7.83. The van der Waals surface area contributed by atoms with Gasteiger partial charge in [-0.3, -0.25) is 14.4 Å². The van der Waals surface area contributed by atoms with E-state index in [0.717, 1.165) is 0 Å². The molecule has 3 aliphatic rings. The van der Waals surface area contributed by atoms with Crippen LogP contribution in [0.4, 0.5) is 4.79 Å². The Morgan fingerprint density at radius 1 is 1.23 bits per heavy atom. The first-order valence-electron chi connectivity index (χ1n) is 10.3. The first kappa shape index (κ1) is 21.9. The highest BCUT2D eigenvalue weighted by Gasteiger charge is 2.67. The lowest BCUT2D eigenvalue weighted by Crippen LogP contribution is -2.64. The fraction of sp³-hybridized carbons (Fsp3) is 0.636. The summed E-state index contributed by atoms with van der Waals surface area (Å²) in [6.07, 6.45) is 2.61. The number of rotatable bonds is 3. The maximum Gasteiger partial charge on any atom is 0.404 e. The number of carbonyl (C=O) groups excluding carboxylic acids is 4. The minimum Gasteiger partial charge on any atom is -0.472 e. The van der Waals surface area contributed by atoms with Gasteiger partial charge in [-0.1, -0.05) is 13.8 Å². The van der Waals surface area contributed by atoms with Crippen molar-refractivity contribution in [1.82, 2.24) is 0 Å². The minimum absolute atomic E-state index is 0.00726. The molecule has 0 amide bonds. The van der Waals surface area contributed by atoms with Crippen LogP contribution in [-0.4, -0.2) is 36.4 Å². The third kappa shape index (κ3) is 3.35. The largest absolute Gasteiger partial charge is 0.472 e. The normalized spacial score (nSPS) is 39.7. The van der Waals surface area contributed by atoms with Gasteiger partial charge in [0.2, 0.25) is 0 Å². The maximum atomic E-state index is 13.7. The summed E-state index contributed by atoms with van der Waals surface area (Å²) in [5.74, 6) is -3.07. The van der Waals surface area contributed by atoms with Crippen LogP contribution >= 0.6 is 11.6 Å². The van der Waals surface area contributed by atoms with E-state index in [9.17, 15) is 19.2 Å². The molecule has 0 aromatic carbocycles. The van der Waals surface area contributed by atoms with Crippen molar-refractivity contribution in [2.75, 3.05) is 7.11 Å². The molecule has 2 saturated carbocycles. The number of hydrogen-bond acceptors (Lipinski definition) is 8. The van der Waals surface area contributed by atoms with Gasteiger partial charge < -0.3 is 18.6 Å². The lowest BCUT2D eigenvalue weighted by atomic mass is 9.43. The van der Waals surface area contributed by atoms with Gasteiger partial charge in [0.25, 0.3) is 0 Å². The molecule has 3 fully saturated rings. The lowest BCUT2D eigenvalue weighted by Gasteiger charge is -2.60. The predicted octanol–water partition coefficient (Wildman–Crippen LogP) is 3.81. The van der Waals surface area contributed by atoms with Crippen LogP contribution in [0, 0.1) is 28.6 Å². The number of ketones is 1. The predicted molar refractivity (Wildman–Crippen MR) is 106 cm³/mol. The highest BCUT2D eigenvalue weighted by atomic mass is 35.5. The Morgan fingerprint density at radius 3 is 2.58 bits per heavy atom. The molecule has 9 heteroatoms. The number of Topliss-reactive ketones (excluding diaryl/α,β-unsaturated/α-hetero) is 1. The highest BCUT2D eigenvalue weighted by molar-refractivity contribution is 6.61. The monoisotopic (exact) mass is 452 g/mol. The molecule has 1 aromatic heterocycles. The SMILES string of the molecule is COC(=O)[C@@H]1C[C@H](OC(=O)Cl)C(=O)[C@H]2[C@@]1(C)CC[C@H]1C(=O)O[C@H](c3ccoc3)C[C@]21C. The number of carbonyl (C=O) groups is 4. The van der Waals surface area contributed by atoms with E-state index >= 15 is 0 Å². The fourth-order valence-electron chi connectivity index (χ4n) is 6.38. The summed E-state index contributed by atoms with van der Waals surface area (Å²) in [4.78, 5) is 50.8. The average molecular weight is 453 g/mol. The average Bonchev–Trinajstić information content (AvgIpc) is 3.23. The molecule has 1 aromatic rings. The second-order valence-corrected chi connectivity index (χ2v) is 9.59. The molecule has 0 spiro atoms. The van der Waals surface area contributed by atoms with Gasteiger partial charge in [0, 0.05) is 29.5 Å². The topological polar surface area (TPSA) is 109 Å². The van der Waals surface area contributed by atoms with Gasteiger partial charge in [0.05, 0.1) is 31.5 Å². The summed E-state index contributed by atoms with van der Waals surface area (Å²) in [6, 6.07) is 1.72. The van der Waals surface area contributed by atoms with Crippen molar-refractivity contribution in [2.24, 2.45) is 28.6 Å². The Morgan fingerprint density at radius 2 is 1.97 bits per heavy atom. The van der Waals surface area contributed by atoms with Crippen LogP contribution in [0.15, 0.2) is 23.0 Å². The first-order valence-corrected chi connectivity index (χ1v) is 10.7. The van der Waals surface area contributed by atoms with Gasteiger partial charge in [-0.05, 0) is 36.2 Å². The Kier molecular flexibility index (Phi) is 5.40. The number of hydrogen-bond donors (Lipinski definition) is 0. The van der Waals surface area contributed by atoms with E-state index in [-0.39, 0.29) is 18.2 Å². The van der Waals surface area contributed by atoms with Crippen LogP contribution < -0.4 is 0 Å². The number of fused-ring (bicyclic) bond motifs is 3. The molecule has 0 bridgehead atoms. The molecule has 1 saturated heterocycles. The smallest absolute Gasteiger partial charge is 0.404 e. The Bertz CT molecular complexity index is 911. The van der Waals surface area contributed by atoms with Gasteiger partial charge in [0.15, 0.2) is 11.9 Å². The van der Waals surface area contributed by atoms with E-state index in [1.807, 2.05) is 13.8 Å². The molecule has 0 radical (unpaired) electrons. The van der Waals surface area contributed by atoms with Gasteiger partial charge in [-0.2, -0.15) is 0 Å². The molecule has 0 unspecified atom stereocenters. The molecule has 4 rings (SSSR count). The molecule has 168 valence electrons. The Labute approximate surface area is 184 Å². The van der Waals surface area contributed by atoms with Crippen LogP contribution in [0.1, 0.15) is 51.2 Å². The minimum atomic E-state index is -1.17. The van der Waals surface area contributed by atoms with Crippen LogP contribution in [-0.2, 0) is 28.6 Å². The summed E-state index contributed by atoms with van der Waals surface area (Å²) in [5.41, 5.74) is -1.98. The summed E-state index contributed by atoms with van der Waals surface area (Å²) < 4.78 is 21.0. The summed E-state index contributed by atoms with van der Waals surface area (Å²) in [5, 5.41) is 0. The zero-order valence-corrected chi connectivity index (χ0v) is 18.3. The zero-order chi connectivity index (χ0) is 22.6. The second-order valence-electron chi connectivity index (χ2n) is 9.28. The molecule has 8 nitrogen and oxygen atoms in total. The van der Waals surface area contributed by atoms with E-state index in [4.69, 9.17) is 30.2 Å². The van der Waals surface area contributed by atoms with Crippen molar-refractivity contribution in [3.63, 3.8) is 0 Å². The van der Waals surface area contributed by atoms with Crippen LogP contribution in [0.25, 0.3) is 0 Å². The molecule has 1 aliphatic heterocycles. The van der Waals surface area contributed by atoms with E-state index in [2.05, 4.69) is 0 Å². The number of ether oxygens (including phenoxy) is 3. The lowest BCUT2D eigenvalue weighted by molar-refractivity contribution is -0.207. The third-order valence-electron chi connectivity index (χ3n) is 7.74. The van der Waals surface area contributed by atoms with Crippen LogP contribution in [0.3, 0.4) is 0 Å². The van der Waals surface area contributed by atoms with Crippen molar-refractivity contribution in [1.29, 1.82) is 0 Å². The van der Waals surface area contributed by atoms with Gasteiger partial charge in [-0.25, -0.2) is 4.79 Å². The summed E-state index contributed by atoms with van der Waals surface area (Å²) in [6.45, 7) is 3.79. The molecule has 2 heterocycles. The van der Waals surface area contributed by atoms with E-state index in [1.54, 1.807) is 6.07 Å². The second kappa shape index (κ2) is 7.65. The van der Waals surface area contributed by atoms with Crippen molar-refractivity contribution >= 4 is 34.8 Å². The number of cyclic esters (lactones) is 1. The first-order chi connectivity index (χ1) is 14.6. The van der Waals surface area contributed by atoms with Crippen molar-refractivity contribution in [2.45, 2.75) is 51.7 Å². The quantitative estimate of drug-likeness (QED) is 0.387.